The lowest BCUT2D eigenvalue weighted by Crippen LogP contribution is -2.21. The molecular weight excluding hydrogens is 581 g/mol. The highest BCUT2D eigenvalue weighted by molar-refractivity contribution is 7.88. The van der Waals surface area contributed by atoms with Gasteiger partial charge in [-0.1, -0.05) is 19.4 Å². The van der Waals surface area contributed by atoms with Crippen LogP contribution in [0.4, 0.5) is 10.1 Å². The fourth-order valence-electron chi connectivity index (χ4n) is 5.15. The highest BCUT2D eigenvalue weighted by Crippen LogP contribution is 2.35. The average molecular weight is 612 g/mol. The van der Waals surface area contributed by atoms with E-state index in [1.807, 2.05) is 37.3 Å². The van der Waals surface area contributed by atoms with Gasteiger partial charge in [-0.25, -0.2) is 22.5 Å². The molecular formula is C32H30FN7O3S. The maximum absolute atomic E-state index is 14.6. The fourth-order valence-corrected chi connectivity index (χ4v) is 5.58. The summed E-state index contributed by atoms with van der Waals surface area (Å²) in [6.07, 6.45) is 8.32. The summed E-state index contributed by atoms with van der Waals surface area (Å²) >= 11 is 0. The van der Waals surface area contributed by atoms with Crippen molar-refractivity contribution in [3.63, 3.8) is 0 Å². The predicted octanol–water partition coefficient (Wildman–Crippen LogP) is 6.15. The Morgan fingerprint density at radius 2 is 1.84 bits per heavy atom. The van der Waals surface area contributed by atoms with E-state index in [9.17, 15) is 17.6 Å². The minimum Gasteiger partial charge on any atom is -0.338 e. The Hall–Kier alpha value is -4.94. The van der Waals surface area contributed by atoms with Crippen molar-refractivity contribution < 1.29 is 17.6 Å². The Labute approximate surface area is 253 Å². The van der Waals surface area contributed by atoms with Crippen LogP contribution in [0.15, 0.2) is 73.2 Å². The Kier molecular flexibility index (Phi) is 7.93. The van der Waals surface area contributed by atoms with Gasteiger partial charge in [-0.05, 0) is 77.2 Å². The average Bonchev–Trinajstić information content (AvgIpc) is 3.62. The standard InChI is InChI=1S/C32H30FN7O3S/c1-3-4-5-30(41)37-24-13-22(17-34-18-24)20-6-7-28-27(14-20)31(40-39-28)29-15-26-25(8-9-35-32(26)38-29)21-10-19(11-23(33)12-21)16-36-44(2,42)43/h6-15,17-18,36H,3-5,16H2,1-2H3,(H,35,38)(H,37,41)(H,39,40). The number of fused-ring (bicyclic) bond motifs is 2. The number of unbranched alkanes of at least 4 members (excludes halogenated alkanes) is 1. The molecule has 0 saturated carbocycles. The Bertz CT molecular complexity index is 2120. The minimum atomic E-state index is -3.44. The molecule has 6 rings (SSSR count). The van der Waals surface area contributed by atoms with Gasteiger partial charge < -0.3 is 10.3 Å². The summed E-state index contributed by atoms with van der Waals surface area (Å²) in [7, 11) is -3.44. The van der Waals surface area contributed by atoms with E-state index in [0.29, 0.717) is 40.3 Å². The van der Waals surface area contributed by atoms with Gasteiger partial charge in [-0.3, -0.25) is 14.9 Å². The first-order valence-corrected chi connectivity index (χ1v) is 16.0. The molecule has 0 aliphatic rings. The van der Waals surface area contributed by atoms with Crippen LogP contribution >= 0.6 is 0 Å². The van der Waals surface area contributed by atoms with E-state index in [0.717, 1.165) is 52.1 Å². The molecule has 4 aromatic heterocycles. The largest absolute Gasteiger partial charge is 0.338 e. The first-order chi connectivity index (χ1) is 21.2. The lowest BCUT2D eigenvalue weighted by molar-refractivity contribution is -0.116. The zero-order valence-corrected chi connectivity index (χ0v) is 24.9. The molecule has 6 aromatic rings. The molecule has 12 heteroatoms. The summed E-state index contributed by atoms with van der Waals surface area (Å²) in [6.45, 7) is 2.02. The molecule has 4 heterocycles. The van der Waals surface area contributed by atoms with Crippen molar-refractivity contribution in [2.24, 2.45) is 0 Å². The molecule has 0 fully saturated rings. The smallest absolute Gasteiger partial charge is 0.224 e. The number of nitrogens with one attached hydrogen (secondary N) is 4. The van der Waals surface area contributed by atoms with Gasteiger partial charge in [0.05, 0.1) is 29.4 Å². The quantitative estimate of drug-likeness (QED) is 0.146. The first kappa shape index (κ1) is 29.1. The number of amides is 1. The molecule has 0 aliphatic carbocycles. The number of aromatic nitrogens is 5. The van der Waals surface area contributed by atoms with E-state index in [1.165, 1.54) is 12.1 Å². The van der Waals surface area contributed by atoms with Crippen LogP contribution in [-0.2, 0) is 21.4 Å². The number of hydrogen-bond acceptors (Lipinski definition) is 6. The van der Waals surface area contributed by atoms with Gasteiger partial charge in [0.2, 0.25) is 15.9 Å². The van der Waals surface area contributed by atoms with Crippen LogP contribution in [0.5, 0.6) is 0 Å². The van der Waals surface area contributed by atoms with Crippen molar-refractivity contribution in [3.8, 4) is 33.6 Å². The molecule has 0 radical (unpaired) electrons. The molecule has 4 N–H and O–H groups in total. The molecule has 0 aliphatic heterocycles. The van der Waals surface area contributed by atoms with Crippen LogP contribution in [0.1, 0.15) is 31.7 Å². The van der Waals surface area contributed by atoms with Gasteiger partial charge in [0.25, 0.3) is 0 Å². The van der Waals surface area contributed by atoms with E-state index >= 15 is 0 Å². The van der Waals surface area contributed by atoms with Gasteiger partial charge in [-0.2, -0.15) is 5.10 Å². The highest BCUT2D eigenvalue weighted by Gasteiger charge is 2.16. The number of hydrogen-bond donors (Lipinski definition) is 4. The molecule has 0 spiro atoms. The third kappa shape index (κ3) is 6.36. The summed E-state index contributed by atoms with van der Waals surface area (Å²) in [5.74, 6) is -0.511. The van der Waals surface area contributed by atoms with Crippen molar-refractivity contribution in [3.05, 3.63) is 84.6 Å². The number of rotatable bonds is 10. The minimum absolute atomic E-state index is 0.0263. The fraction of sp³-hybridized carbons (Fsp3) is 0.188. The number of benzene rings is 2. The Balaban J connectivity index is 1.35. The second kappa shape index (κ2) is 12.0. The summed E-state index contributed by atoms with van der Waals surface area (Å²) in [5.41, 5.74) is 7.05. The van der Waals surface area contributed by atoms with Gasteiger partial charge in [-0.15, -0.1) is 0 Å². The molecule has 224 valence electrons. The number of carbonyl (C=O) groups is 1. The second-order valence-corrected chi connectivity index (χ2v) is 12.5. The second-order valence-electron chi connectivity index (χ2n) is 10.7. The third-order valence-corrected chi connectivity index (χ3v) is 7.94. The molecule has 0 bridgehead atoms. The highest BCUT2D eigenvalue weighted by atomic mass is 32.2. The molecule has 10 nitrogen and oxygen atoms in total. The van der Waals surface area contributed by atoms with Crippen molar-refractivity contribution in [1.29, 1.82) is 0 Å². The van der Waals surface area contributed by atoms with E-state index in [2.05, 4.69) is 35.2 Å². The lowest BCUT2D eigenvalue weighted by Gasteiger charge is -2.08. The molecule has 2 aromatic carbocycles. The number of pyridine rings is 2. The Morgan fingerprint density at radius 3 is 2.66 bits per heavy atom. The van der Waals surface area contributed by atoms with Crippen LogP contribution < -0.4 is 10.0 Å². The maximum Gasteiger partial charge on any atom is 0.224 e. The molecule has 0 unspecified atom stereocenters. The zero-order chi connectivity index (χ0) is 30.8. The van der Waals surface area contributed by atoms with Gasteiger partial charge in [0.1, 0.15) is 17.2 Å². The van der Waals surface area contributed by atoms with Crippen molar-refractivity contribution in [2.45, 2.75) is 32.7 Å². The topological polar surface area (TPSA) is 146 Å². The number of aromatic amines is 2. The first-order valence-electron chi connectivity index (χ1n) is 14.1. The normalized spacial score (nSPS) is 11.8. The van der Waals surface area contributed by atoms with E-state index in [-0.39, 0.29) is 12.5 Å². The Morgan fingerprint density at radius 1 is 0.977 bits per heavy atom. The molecule has 0 saturated heterocycles. The van der Waals surface area contributed by atoms with Crippen LogP contribution in [-0.4, -0.2) is 45.7 Å². The molecule has 0 atom stereocenters. The maximum atomic E-state index is 14.6. The van der Waals surface area contributed by atoms with Crippen LogP contribution in [0.25, 0.3) is 55.6 Å². The number of carbonyl (C=O) groups excluding carboxylic acids is 1. The van der Waals surface area contributed by atoms with E-state index in [4.69, 9.17) is 0 Å². The third-order valence-electron chi connectivity index (χ3n) is 7.27. The summed E-state index contributed by atoms with van der Waals surface area (Å²) < 4.78 is 40.2. The van der Waals surface area contributed by atoms with Gasteiger partial charge >= 0.3 is 0 Å². The van der Waals surface area contributed by atoms with E-state index < -0.39 is 15.8 Å². The van der Waals surface area contributed by atoms with Crippen molar-refractivity contribution >= 4 is 43.6 Å². The lowest BCUT2D eigenvalue weighted by atomic mass is 10.0. The zero-order valence-electron chi connectivity index (χ0n) is 24.1. The predicted molar refractivity (Wildman–Crippen MR) is 170 cm³/mol. The van der Waals surface area contributed by atoms with Crippen LogP contribution in [0.2, 0.25) is 0 Å². The number of anilines is 1. The van der Waals surface area contributed by atoms with E-state index in [1.54, 1.807) is 30.7 Å². The monoisotopic (exact) mass is 611 g/mol. The molecule has 44 heavy (non-hydrogen) atoms. The number of H-pyrrole nitrogens is 2. The number of nitrogens with zero attached hydrogens (tertiary/aromatic N) is 3. The molecule has 1 amide bonds. The number of sulfonamides is 1. The van der Waals surface area contributed by atoms with Gasteiger partial charge in [0, 0.05) is 41.7 Å². The SMILES string of the molecule is CCCCC(=O)Nc1cncc(-c2ccc3[nH]nc(-c4cc5c(-c6cc(F)cc(CNS(C)(=O)=O)c6)ccnc5[nH]4)c3c2)c1. The number of halogens is 1. The van der Waals surface area contributed by atoms with Crippen molar-refractivity contribution in [1.82, 2.24) is 29.9 Å². The van der Waals surface area contributed by atoms with Gasteiger partial charge in [0.15, 0.2) is 0 Å². The van der Waals surface area contributed by atoms with Crippen LogP contribution in [0.3, 0.4) is 0 Å². The summed E-state index contributed by atoms with van der Waals surface area (Å²) in [6, 6.07) is 16.0. The summed E-state index contributed by atoms with van der Waals surface area (Å²) in [5, 5.41) is 12.2. The van der Waals surface area contributed by atoms with Crippen molar-refractivity contribution in [2.75, 3.05) is 11.6 Å². The summed E-state index contributed by atoms with van der Waals surface area (Å²) in [4.78, 5) is 24.4. The van der Waals surface area contributed by atoms with Crippen LogP contribution in [0, 0.1) is 5.82 Å².